The first-order valence-corrected chi connectivity index (χ1v) is 10.3. The van der Waals surface area contributed by atoms with Gasteiger partial charge in [-0.15, -0.1) is 11.3 Å². The average molecular weight is 345 g/mol. The lowest BCUT2D eigenvalue weighted by Crippen LogP contribution is -2.44. The normalized spacial score (nSPS) is 19.7. The molecule has 22 heavy (non-hydrogen) atoms. The molecular weight excluding hydrogens is 320 g/mol. The van der Waals surface area contributed by atoms with E-state index in [1.54, 1.807) is 19.1 Å². The Morgan fingerprint density at radius 2 is 2.14 bits per heavy atom. The SMILES string of the molecule is CCS(=O)(=O)c1ccc(CNC(=O)N2CCCCC[C@H]2C)s1. The molecule has 1 aromatic rings. The van der Waals surface area contributed by atoms with Gasteiger partial charge in [0, 0.05) is 17.5 Å². The highest BCUT2D eigenvalue weighted by Gasteiger charge is 2.22. The summed E-state index contributed by atoms with van der Waals surface area (Å²) in [4.78, 5) is 15.1. The molecule has 0 saturated carbocycles. The summed E-state index contributed by atoms with van der Waals surface area (Å²) in [6.45, 7) is 4.90. The molecule has 1 saturated heterocycles. The van der Waals surface area contributed by atoms with E-state index in [0.717, 1.165) is 24.3 Å². The number of nitrogens with one attached hydrogen (secondary N) is 1. The van der Waals surface area contributed by atoms with E-state index in [2.05, 4.69) is 12.2 Å². The van der Waals surface area contributed by atoms with Crippen molar-refractivity contribution in [3.8, 4) is 0 Å². The minimum Gasteiger partial charge on any atom is -0.333 e. The van der Waals surface area contributed by atoms with Gasteiger partial charge < -0.3 is 10.2 Å². The van der Waals surface area contributed by atoms with Crippen molar-refractivity contribution >= 4 is 27.2 Å². The van der Waals surface area contributed by atoms with Crippen LogP contribution in [0.15, 0.2) is 16.3 Å². The maximum atomic E-state index is 12.3. The molecule has 0 bridgehead atoms. The molecular formula is C15H24N2O3S2. The Morgan fingerprint density at radius 1 is 1.36 bits per heavy atom. The van der Waals surface area contributed by atoms with Crippen molar-refractivity contribution in [2.24, 2.45) is 0 Å². The van der Waals surface area contributed by atoms with Crippen molar-refractivity contribution in [3.05, 3.63) is 17.0 Å². The number of urea groups is 1. The molecule has 5 nitrogen and oxygen atoms in total. The Hall–Kier alpha value is -1.08. The number of sulfone groups is 1. The van der Waals surface area contributed by atoms with Gasteiger partial charge in [-0.3, -0.25) is 0 Å². The third-order valence-electron chi connectivity index (χ3n) is 4.05. The van der Waals surface area contributed by atoms with Crippen molar-refractivity contribution < 1.29 is 13.2 Å². The number of amides is 2. The zero-order valence-corrected chi connectivity index (χ0v) is 14.8. The standard InChI is InChI=1S/C15H24N2O3S2/c1-3-22(19,20)14-9-8-13(21-14)11-16-15(18)17-10-6-4-5-7-12(17)2/h8-9,12H,3-7,10-11H2,1-2H3,(H,16,18)/t12-/m1/s1. The summed E-state index contributed by atoms with van der Waals surface area (Å²) in [7, 11) is -3.15. The van der Waals surface area contributed by atoms with Gasteiger partial charge in [0.05, 0.1) is 12.3 Å². The lowest BCUT2D eigenvalue weighted by molar-refractivity contribution is 0.180. The molecule has 2 rings (SSSR count). The molecule has 1 N–H and O–H groups in total. The van der Waals surface area contributed by atoms with Crippen molar-refractivity contribution in [2.45, 2.75) is 56.3 Å². The molecule has 124 valence electrons. The topological polar surface area (TPSA) is 66.5 Å². The van der Waals surface area contributed by atoms with Gasteiger partial charge in [0.2, 0.25) is 0 Å². The lowest BCUT2D eigenvalue weighted by atomic mass is 10.1. The van der Waals surface area contributed by atoms with Crippen LogP contribution in [-0.2, 0) is 16.4 Å². The molecule has 0 aromatic carbocycles. The van der Waals surface area contributed by atoms with E-state index in [1.807, 2.05) is 4.90 Å². The van der Waals surface area contributed by atoms with Crippen LogP contribution >= 0.6 is 11.3 Å². The summed E-state index contributed by atoms with van der Waals surface area (Å²) in [6, 6.07) is 3.61. The van der Waals surface area contributed by atoms with Crippen LogP contribution in [0.1, 0.15) is 44.4 Å². The molecule has 0 unspecified atom stereocenters. The van der Waals surface area contributed by atoms with E-state index in [-0.39, 0.29) is 17.8 Å². The predicted molar refractivity (Wildman–Crippen MR) is 88.9 cm³/mol. The van der Waals surface area contributed by atoms with Crippen LogP contribution in [0.5, 0.6) is 0 Å². The van der Waals surface area contributed by atoms with E-state index in [9.17, 15) is 13.2 Å². The van der Waals surface area contributed by atoms with Gasteiger partial charge in [0.1, 0.15) is 4.21 Å². The van der Waals surface area contributed by atoms with Gasteiger partial charge >= 0.3 is 6.03 Å². The number of hydrogen-bond donors (Lipinski definition) is 1. The van der Waals surface area contributed by atoms with Gasteiger partial charge in [0.15, 0.2) is 9.84 Å². The second kappa shape index (κ2) is 7.46. The zero-order valence-electron chi connectivity index (χ0n) is 13.2. The lowest BCUT2D eigenvalue weighted by Gasteiger charge is -2.27. The second-order valence-electron chi connectivity index (χ2n) is 5.67. The van der Waals surface area contributed by atoms with Gasteiger partial charge in [-0.25, -0.2) is 13.2 Å². The number of hydrogen-bond acceptors (Lipinski definition) is 4. The molecule has 1 aliphatic heterocycles. The molecule has 2 amide bonds. The Labute approximate surface area is 136 Å². The van der Waals surface area contributed by atoms with Crippen molar-refractivity contribution in [1.82, 2.24) is 10.2 Å². The summed E-state index contributed by atoms with van der Waals surface area (Å²) in [6.07, 6.45) is 4.45. The maximum absolute atomic E-state index is 12.3. The number of thiophene rings is 1. The smallest absolute Gasteiger partial charge is 0.317 e. The third-order valence-corrected chi connectivity index (χ3v) is 7.45. The summed E-state index contributed by atoms with van der Waals surface area (Å²) in [5.74, 6) is 0.102. The Kier molecular flexibility index (Phi) is 5.86. The fourth-order valence-corrected chi connectivity index (χ4v) is 5.02. The van der Waals surface area contributed by atoms with Gasteiger partial charge in [-0.1, -0.05) is 19.8 Å². The highest BCUT2D eigenvalue weighted by atomic mass is 32.2. The quantitative estimate of drug-likeness (QED) is 0.913. The van der Waals surface area contributed by atoms with Crippen LogP contribution in [0.3, 0.4) is 0 Å². The molecule has 2 heterocycles. The molecule has 0 spiro atoms. The highest BCUT2D eigenvalue weighted by Crippen LogP contribution is 2.23. The first-order valence-electron chi connectivity index (χ1n) is 7.80. The third kappa shape index (κ3) is 4.23. The fourth-order valence-electron chi connectivity index (χ4n) is 2.60. The van der Waals surface area contributed by atoms with Crippen LogP contribution in [0, 0.1) is 0 Å². The summed E-state index contributed by atoms with van der Waals surface area (Å²) in [5, 5.41) is 2.91. The minimum absolute atomic E-state index is 0.0531. The Balaban J connectivity index is 1.93. The molecule has 1 aromatic heterocycles. The van der Waals surface area contributed by atoms with Gasteiger partial charge in [0.25, 0.3) is 0 Å². The number of carbonyl (C=O) groups excluding carboxylic acids is 1. The van der Waals surface area contributed by atoms with E-state index >= 15 is 0 Å². The van der Waals surface area contributed by atoms with E-state index in [4.69, 9.17) is 0 Å². The molecule has 0 radical (unpaired) electrons. The molecule has 1 aliphatic rings. The number of likely N-dealkylation sites (tertiary alicyclic amines) is 1. The van der Waals surface area contributed by atoms with Crippen LogP contribution in [-0.4, -0.2) is 37.7 Å². The van der Waals surface area contributed by atoms with Crippen LogP contribution in [0.2, 0.25) is 0 Å². The summed E-state index contributed by atoms with van der Waals surface area (Å²) in [5.41, 5.74) is 0. The van der Waals surface area contributed by atoms with E-state index in [1.165, 1.54) is 24.2 Å². The summed E-state index contributed by atoms with van der Waals surface area (Å²) < 4.78 is 24.0. The molecule has 7 heteroatoms. The highest BCUT2D eigenvalue weighted by molar-refractivity contribution is 7.93. The average Bonchev–Trinajstić information content (AvgIpc) is 2.88. The van der Waals surface area contributed by atoms with Crippen molar-refractivity contribution in [2.75, 3.05) is 12.3 Å². The molecule has 1 atom stereocenters. The second-order valence-corrected chi connectivity index (χ2v) is 9.35. The Bertz CT molecular complexity index is 610. The van der Waals surface area contributed by atoms with Gasteiger partial charge in [-0.05, 0) is 31.9 Å². The van der Waals surface area contributed by atoms with Crippen LogP contribution in [0.25, 0.3) is 0 Å². The zero-order chi connectivity index (χ0) is 16.2. The molecule has 0 aliphatic carbocycles. The number of nitrogens with zero attached hydrogens (tertiary/aromatic N) is 1. The monoisotopic (exact) mass is 344 g/mol. The minimum atomic E-state index is -3.15. The Morgan fingerprint density at radius 3 is 2.86 bits per heavy atom. The van der Waals surface area contributed by atoms with E-state index < -0.39 is 9.84 Å². The first kappa shape index (κ1) is 17.3. The maximum Gasteiger partial charge on any atom is 0.317 e. The van der Waals surface area contributed by atoms with Crippen molar-refractivity contribution in [1.29, 1.82) is 0 Å². The van der Waals surface area contributed by atoms with Crippen molar-refractivity contribution in [3.63, 3.8) is 0 Å². The molecule has 1 fully saturated rings. The fraction of sp³-hybridized carbons (Fsp3) is 0.667. The number of carbonyl (C=O) groups is 1. The number of rotatable bonds is 4. The van der Waals surface area contributed by atoms with Gasteiger partial charge in [-0.2, -0.15) is 0 Å². The van der Waals surface area contributed by atoms with Crippen LogP contribution < -0.4 is 5.32 Å². The largest absolute Gasteiger partial charge is 0.333 e. The van der Waals surface area contributed by atoms with Crippen LogP contribution in [0.4, 0.5) is 4.79 Å². The van der Waals surface area contributed by atoms with E-state index in [0.29, 0.717) is 10.8 Å². The summed E-state index contributed by atoms with van der Waals surface area (Å²) >= 11 is 1.24. The first-order chi connectivity index (χ1) is 10.4. The predicted octanol–water partition coefficient (Wildman–Crippen LogP) is 3.02.